The second-order valence-corrected chi connectivity index (χ2v) is 18.5. The van der Waals surface area contributed by atoms with Gasteiger partial charge in [-0.15, -0.1) is 6.42 Å². The van der Waals surface area contributed by atoms with Gasteiger partial charge in [0.2, 0.25) is 0 Å². The minimum Gasteiger partial charge on any atom is -0.106 e. The van der Waals surface area contributed by atoms with Gasteiger partial charge in [-0.3, -0.25) is 0 Å². The van der Waals surface area contributed by atoms with Gasteiger partial charge in [-0.25, -0.2) is 0 Å². The molecule has 0 aromatic heterocycles. The topological polar surface area (TPSA) is 0 Å². The molecule has 0 aromatic carbocycles. The molecule has 0 aliphatic carbocycles. The predicted octanol–water partition coefficient (Wildman–Crippen LogP) is 0.888. The number of terminal acetylenes is 1. The molecule has 600 valence electrons. The molecular formula is C149H4. The van der Waals surface area contributed by atoms with E-state index in [0.717, 1.165) is 0 Å². The Morgan fingerprint density at radius 2 is 0.0872 bits per heavy atom. The first-order valence-corrected chi connectivity index (χ1v) is 37.3. The van der Waals surface area contributed by atoms with Gasteiger partial charge in [0, 0.05) is 770 Å². The highest BCUT2D eigenvalue weighted by Gasteiger charge is 1.72. The SMILES string of the molecule is C#CC#CC#CC#CC#CC#CC#CC#CC#CC#CC#CC#CC#CC#CC#CC#CC#CC#CC#CC#CC#CC#CC#CC#CC#CC#CC#CC#CC#CC#CC#CC#CC#CC#CC#CC#CC#CC#CC#CC#CC#CC#CC#CC#CC#CC#CC#CC#CC#CC#CC#CC#CC#CC#CC#CC#CC#CC#CC#CC#CC#CC#CC#CC#CC#CC#CC#CC#CC#CC#CC#CC#CC#CC#CC. The minimum atomic E-state index is 1.68. The summed E-state index contributed by atoms with van der Waals surface area (Å²) in [5, 5.41) is 0. The van der Waals surface area contributed by atoms with Gasteiger partial charge >= 0.3 is 0 Å². The van der Waals surface area contributed by atoms with Crippen LogP contribution in [0.2, 0.25) is 0 Å². The summed E-state index contributed by atoms with van der Waals surface area (Å²) in [6.07, 6.45) is 4.96. The molecule has 0 fully saturated rings. The summed E-state index contributed by atoms with van der Waals surface area (Å²) < 4.78 is 0. The summed E-state index contributed by atoms with van der Waals surface area (Å²) in [6, 6.07) is 0. The summed E-state index contributed by atoms with van der Waals surface area (Å²) >= 11 is 0. The van der Waals surface area contributed by atoms with Crippen LogP contribution in [-0.4, -0.2) is 0 Å². The molecule has 0 aliphatic rings. The Labute approximate surface area is 877 Å². The van der Waals surface area contributed by atoms with Crippen molar-refractivity contribution in [2.45, 2.75) is 6.92 Å². The molecule has 0 N–H and O–H groups in total. The van der Waals surface area contributed by atoms with E-state index >= 15 is 0 Å². The van der Waals surface area contributed by atoms with Crippen molar-refractivity contribution in [3.63, 3.8) is 0 Å². The Kier molecular flexibility index (Phi) is 90.2. The van der Waals surface area contributed by atoms with Crippen LogP contribution < -0.4 is 0 Å². The molecule has 0 spiro atoms. The minimum absolute atomic E-state index is 1.68. The molecule has 0 radical (unpaired) electrons. The highest BCUT2D eigenvalue weighted by Crippen LogP contribution is 1.72. The lowest BCUT2D eigenvalue weighted by atomic mass is 10.4. The van der Waals surface area contributed by atoms with Crippen molar-refractivity contribution >= 4 is 0 Å². The van der Waals surface area contributed by atoms with E-state index in [4.69, 9.17) is 6.42 Å². The zero-order valence-corrected chi connectivity index (χ0v) is 75.1. The van der Waals surface area contributed by atoms with Crippen LogP contribution in [-0.2, 0) is 0 Å². The van der Waals surface area contributed by atoms with Crippen molar-refractivity contribution in [2.24, 2.45) is 0 Å². The maximum Gasteiger partial charge on any atom is 0 e. The van der Waals surface area contributed by atoms with E-state index in [1.54, 1.807) is 6.92 Å². The van der Waals surface area contributed by atoms with Gasteiger partial charge < -0.3 is 0 Å². The summed E-state index contributed by atoms with van der Waals surface area (Å²) in [7, 11) is 0. The van der Waals surface area contributed by atoms with Gasteiger partial charge in [-0.2, -0.15) is 0 Å². The highest BCUT2D eigenvalue weighted by atomic mass is 13.7. The number of hydrogen-bond acceptors (Lipinski definition) is 0. The van der Waals surface area contributed by atoms with Gasteiger partial charge in [-0.05, 0) is 102 Å². The van der Waals surface area contributed by atoms with Gasteiger partial charge in [-0.1, -0.05) is 5.92 Å². The third-order valence-electron chi connectivity index (χ3n) is 9.20. The maximum atomic E-state index is 4.96. The number of hydrogen-bond donors (Lipinski definition) is 0. The van der Waals surface area contributed by atoms with E-state index in [-0.39, 0.29) is 0 Å². The summed E-state index contributed by atoms with van der Waals surface area (Å²) in [6.45, 7) is 1.68. The standard InChI is InChI=1S/C149H4/c1-3-5-7-9-11-13-15-17-19-21-23-25-27-29-31-33-35-37-39-41-43-45-47-49-51-53-55-57-59-61-63-65-67-69-71-73-75-77-79-81-83-85-87-89-91-93-95-97-99-101-103-105-107-109-111-113-115-117-119-121-123-125-127-129-131-133-135-137-139-141-143-145-147-149-148-146-144-142-140-138-136-134-132-130-128-126-124-122-120-118-116-114-112-110-108-106-104-102-100-98-96-94-92-90-88-86-84-82-80-78-76-74-72-70-68-66-64-62-60-58-56-54-52-50-48-46-44-42-40-38-36-34-32-30-28-26-24-22-20-18-16-14-12-10-8-6-4-2/h1H,2H3. The van der Waals surface area contributed by atoms with Crippen molar-refractivity contribution < 1.29 is 0 Å². The van der Waals surface area contributed by atoms with Crippen molar-refractivity contribution in [2.75, 3.05) is 0 Å². The van der Waals surface area contributed by atoms with Crippen LogP contribution >= 0.6 is 0 Å². The second kappa shape index (κ2) is 115. The summed E-state index contributed by atoms with van der Waals surface area (Å²) in [4.78, 5) is 0. The monoisotopic (exact) mass is 1790 g/mol. The van der Waals surface area contributed by atoms with Gasteiger partial charge in [0.25, 0.3) is 0 Å². The lowest BCUT2D eigenvalue weighted by molar-refractivity contribution is 1.92. The van der Waals surface area contributed by atoms with Crippen LogP contribution in [0.15, 0.2) is 0 Å². The lowest BCUT2D eigenvalue weighted by Crippen LogP contribution is -1.57. The van der Waals surface area contributed by atoms with E-state index in [2.05, 4.69) is 870 Å². The first-order chi connectivity index (χ1) is 74.4. The van der Waals surface area contributed by atoms with Crippen LogP contribution in [0.1, 0.15) is 6.92 Å². The van der Waals surface area contributed by atoms with Crippen molar-refractivity contribution in [3.05, 3.63) is 0 Å². The van der Waals surface area contributed by atoms with Crippen LogP contribution in [0.4, 0.5) is 0 Å². The van der Waals surface area contributed by atoms with E-state index in [9.17, 15) is 0 Å². The molecule has 0 bridgehead atoms. The third kappa shape index (κ3) is 115. The molecule has 0 amide bonds. The average Bonchev–Trinajstić information content (AvgIpc) is 1.08. The molecule has 0 rings (SSSR count). The van der Waals surface area contributed by atoms with Crippen LogP contribution in [0.5, 0.6) is 0 Å². The Morgan fingerprint density at radius 1 is 0.0537 bits per heavy atom. The Morgan fingerprint density at radius 3 is 0.121 bits per heavy atom. The molecule has 0 saturated heterocycles. The lowest BCUT2D eigenvalue weighted by Gasteiger charge is -1.58. The zero-order chi connectivity index (χ0) is 106. The zero-order valence-electron chi connectivity index (χ0n) is 75.1. The molecule has 0 aromatic rings. The van der Waals surface area contributed by atoms with E-state index in [1.165, 1.54) is 0 Å². The van der Waals surface area contributed by atoms with Gasteiger partial charge in [0.15, 0.2) is 0 Å². The largest absolute Gasteiger partial charge is 0.106 e. The fourth-order valence-corrected chi connectivity index (χ4v) is 4.57. The fourth-order valence-electron chi connectivity index (χ4n) is 4.57. The molecule has 0 aliphatic heterocycles. The molecule has 149 heavy (non-hydrogen) atoms. The molecule has 0 saturated carbocycles. The van der Waals surface area contributed by atoms with Gasteiger partial charge in [0.05, 0.1) is 0 Å². The van der Waals surface area contributed by atoms with Crippen LogP contribution in [0, 0.1) is 877 Å². The molecule has 0 unspecified atom stereocenters. The maximum absolute atomic E-state index is 4.96. The van der Waals surface area contributed by atoms with Crippen molar-refractivity contribution in [1.29, 1.82) is 0 Å². The highest BCUT2D eigenvalue weighted by molar-refractivity contribution is 5.61. The quantitative estimate of drug-likeness (QED) is 0.317. The third-order valence-corrected chi connectivity index (χ3v) is 9.20. The van der Waals surface area contributed by atoms with E-state index < -0.39 is 0 Å². The Balaban J connectivity index is 4.66. The molecule has 0 nitrogen and oxygen atoms in total. The molecule has 0 heterocycles. The Hall–Kier alpha value is -32.6. The summed E-state index contributed by atoms with van der Waals surface area (Å²) in [5.41, 5.74) is 0. The Bertz CT molecular complexity index is 10200. The average molecular weight is 1790 g/mol. The van der Waals surface area contributed by atoms with Crippen LogP contribution in [0.3, 0.4) is 0 Å². The van der Waals surface area contributed by atoms with Gasteiger partial charge in [0.1, 0.15) is 0 Å². The first kappa shape index (κ1) is 116. The molecular weight excluding hydrogens is 1790 g/mol. The summed E-state index contributed by atoms with van der Waals surface area (Å²) in [5.74, 6) is 367. The molecule has 0 atom stereocenters. The second-order valence-electron chi connectivity index (χ2n) is 18.5. The first-order valence-electron chi connectivity index (χ1n) is 37.3. The smallest absolute Gasteiger partial charge is 0 e. The predicted molar refractivity (Wildman–Crippen MR) is 582 cm³/mol. The van der Waals surface area contributed by atoms with Crippen LogP contribution in [0.25, 0.3) is 0 Å². The number of rotatable bonds is 0. The normalized spacial score (nSPS) is 3.97. The van der Waals surface area contributed by atoms with Crippen molar-refractivity contribution in [1.82, 2.24) is 0 Å². The van der Waals surface area contributed by atoms with E-state index in [0.29, 0.717) is 0 Å². The van der Waals surface area contributed by atoms with E-state index in [1.807, 2.05) is 0 Å². The van der Waals surface area contributed by atoms with Crippen molar-refractivity contribution in [3.8, 4) is 877 Å². The fraction of sp³-hybridized carbons (Fsp3) is 0.00671. The molecule has 0 heteroatoms.